The number of hydrogen-bond acceptors (Lipinski definition) is 6. The number of rotatable bonds is 10. The Morgan fingerprint density at radius 2 is 1.68 bits per heavy atom. The molecular formula is C24H26N4O6. The standard InChI is InChI=1S/C24H26N4O6/c1-33-22(30)14-26-21(29)13-27-23(31)20(11-17-12-25-19-10-6-5-9-18(17)19)28-24(32)34-15-16-7-3-2-4-8-16/h2-10,12,20,25H,11,13-15H2,1H3,(H,26,29)(H,27,31)(H,28,32)/t20-/m1/s1. The van der Waals surface area contributed by atoms with E-state index in [1.54, 1.807) is 6.20 Å². The van der Waals surface area contributed by atoms with E-state index in [1.807, 2.05) is 54.6 Å². The van der Waals surface area contributed by atoms with Crippen LogP contribution in [0.3, 0.4) is 0 Å². The predicted octanol–water partition coefficient (Wildman–Crippen LogP) is 1.41. The van der Waals surface area contributed by atoms with Gasteiger partial charge in [-0.1, -0.05) is 48.5 Å². The van der Waals surface area contributed by atoms with E-state index >= 15 is 0 Å². The number of amides is 3. The third kappa shape index (κ3) is 7.09. The lowest BCUT2D eigenvalue weighted by Gasteiger charge is -2.18. The number of H-pyrrole nitrogens is 1. The minimum atomic E-state index is -1.00. The molecule has 0 aliphatic carbocycles. The number of ether oxygens (including phenoxy) is 2. The molecule has 4 N–H and O–H groups in total. The van der Waals surface area contributed by atoms with Crippen molar-refractivity contribution in [1.82, 2.24) is 20.9 Å². The minimum Gasteiger partial charge on any atom is -0.468 e. The van der Waals surface area contributed by atoms with E-state index in [1.165, 1.54) is 7.11 Å². The Labute approximate surface area is 196 Å². The molecule has 34 heavy (non-hydrogen) atoms. The lowest BCUT2D eigenvalue weighted by Crippen LogP contribution is -2.50. The van der Waals surface area contributed by atoms with Crippen molar-refractivity contribution in [3.05, 3.63) is 71.9 Å². The van der Waals surface area contributed by atoms with Gasteiger partial charge in [-0.2, -0.15) is 0 Å². The number of benzene rings is 2. The third-order valence-corrected chi connectivity index (χ3v) is 5.00. The fourth-order valence-corrected chi connectivity index (χ4v) is 3.23. The number of carbonyl (C=O) groups is 4. The van der Waals surface area contributed by atoms with Gasteiger partial charge in [0.2, 0.25) is 11.8 Å². The number of alkyl carbamates (subject to hydrolysis) is 1. The third-order valence-electron chi connectivity index (χ3n) is 5.00. The average molecular weight is 466 g/mol. The van der Waals surface area contributed by atoms with Crippen LogP contribution in [0.1, 0.15) is 11.1 Å². The first kappa shape index (κ1) is 24.3. The van der Waals surface area contributed by atoms with Gasteiger partial charge >= 0.3 is 12.1 Å². The van der Waals surface area contributed by atoms with Gasteiger partial charge in [-0.3, -0.25) is 14.4 Å². The van der Waals surface area contributed by atoms with Crippen LogP contribution in [0.4, 0.5) is 4.79 Å². The number of nitrogens with one attached hydrogen (secondary N) is 4. The van der Waals surface area contributed by atoms with Crippen LogP contribution >= 0.6 is 0 Å². The van der Waals surface area contributed by atoms with E-state index < -0.39 is 29.9 Å². The van der Waals surface area contributed by atoms with Crippen molar-refractivity contribution in [2.24, 2.45) is 0 Å². The van der Waals surface area contributed by atoms with Gasteiger partial charge in [0.25, 0.3) is 0 Å². The summed E-state index contributed by atoms with van der Waals surface area (Å²) in [7, 11) is 1.20. The molecule has 1 heterocycles. The normalized spacial score (nSPS) is 11.3. The number of aromatic nitrogens is 1. The van der Waals surface area contributed by atoms with E-state index in [-0.39, 0.29) is 26.1 Å². The molecule has 10 heteroatoms. The van der Waals surface area contributed by atoms with E-state index in [0.29, 0.717) is 0 Å². The van der Waals surface area contributed by atoms with Crippen molar-refractivity contribution in [2.75, 3.05) is 20.2 Å². The van der Waals surface area contributed by atoms with Crippen LogP contribution in [0.5, 0.6) is 0 Å². The van der Waals surface area contributed by atoms with Gasteiger partial charge < -0.3 is 30.4 Å². The van der Waals surface area contributed by atoms with Crippen LogP contribution in [0.2, 0.25) is 0 Å². The molecule has 2 aromatic carbocycles. The highest BCUT2D eigenvalue weighted by molar-refractivity contribution is 5.91. The minimum absolute atomic E-state index is 0.0457. The molecule has 0 saturated carbocycles. The van der Waals surface area contributed by atoms with Crippen LogP contribution in [0.25, 0.3) is 10.9 Å². The molecular weight excluding hydrogens is 440 g/mol. The first-order valence-electron chi connectivity index (χ1n) is 10.6. The maximum absolute atomic E-state index is 12.9. The van der Waals surface area contributed by atoms with Gasteiger partial charge in [0, 0.05) is 23.5 Å². The summed E-state index contributed by atoms with van der Waals surface area (Å²) in [4.78, 5) is 51.5. The Balaban J connectivity index is 1.64. The zero-order valence-electron chi connectivity index (χ0n) is 18.6. The van der Waals surface area contributed by atoms with Gasteiger partial charge in [0.05, 0.1) is 13.7 Å². The molecule has 3 amide bonds. The predicted molar refractivity (Wildman–Crippen MR) is 124 cm³/mol. The second-order valence-electron chi connectivity index (χ2n) is 7.39. The monoisotopic (exact) mass is 466 g/mol. The van der Waals surface area contributed by atoms with Crippen LogP contribution in [0, 0.1) is 0 Å². The molecule has 3 aromatic rings. The van der Waals surface area contributed by atoms with Crippen LogP contribution in [-0.4, -0.2) is 55.1 Å². The van der Waals surface area contributed by atoms with Crippen molar-refractivity contribution < 1.29 is 28.7 Å². The van der Waals surface area contributed by atoms with Gasteiger partial charge in [-0.25, -0.2) is 4.79 Å². The van der Waals surface area contributed by atoms with E-state index in [0.717, 1.165) is 22.0 Å². The molecule has 0 saturated heterocycles. The fraction of sp³-hybridized carbons (Fsp3) is 0.250. The maximum atomic E-state index is 12.9. The SMILES string of the molecule is COC(=O)CNC(=O)CNC(=O)[C@@H](Cc1c[nH]c2ccccc12)NC(=O)OCc1ccccc1. The molecule has 0 bridgehead atoms. The molecule has 0 radical (unpaired) electrons. The second-order valence-corrected chi connectivity index (χ2v) is 7.39. The lowest BCUT2D eigenvalue weighted by atomic mass is 10.0. The molecule has 0 aliphatic rings. The number of para-hydroxylation sites is 1. The van der Waals surface area contributed by atoms with Crippen molar-refractivity contribution in [3.8, 4) is 0 Å². The second kappa shape index (κ2) is 12.0. The molecule has 1 atom stereocenters. The topological polar surface area (TPSA) is 139 Å². The number of aromatic amines is 1. The maximum Gasteiger partial charge on any atom is 0.408 e. The molecule has 0 unspecified atom stereocenters. The Kier molecular flexibility index (Phi) is 8.61. The van der Waals surface area contributed by atoms with E-state index in [2.05, 4.69) is 25.7 Å². The highest BCUT2D eigenvalue weighted by Crippen LogP contribution is 2.19. The Bertz CT molecular complexity index is 1140. The first-order chi connectivity index (χ1) is 16.5. The number of carbonyl (C=O) groups excluding carboxylic acids is 4. The number of fused-ring (bicyclic) bond motifs is 1. The average Bonchev–Trinajstić information content (AvgIpc) is 3.27. The smallest absolute Gasteiger partial charge is 0.408 e. The van der Waals surface area contributed by atoms with Crippen LogP contribution < -0.4 is 16.0 Å². The zero-order valence-corrected chi connectivity index (χ0v) is 18.6. The summed E-state index contributed by atoms with van der Waals surface area (Å²) in [6, 6.07) is 15.7. The molecule has 178 valence electrons. The Hall–Kier alpha value is -4.34. The van der Waals surface area contributed by atoms with Crippen molar-refractivity contribution in [3.63, 3.8) is 0 Å². The number of esters is 1. The number of methoxy groups -OCH3 is 1. The van der Waals surface area contributed by atoms with Gasteiger partial charge in [0.15, 0.2) is 0 Å². The summed E-state index contributed by atoms with van der Waals surface area (Å²) in [5, 5.41) is 8.30. The van der Waals surface area contributed by atoms with Crippen molar-refractivity contribution >= 4 is 34.8 Å². The molecule has 3 rings (SSSR count). The summed E-state index contributed by atoms with van der Waals surface area (Å²) in [5.74, 6) is -1.76. The highest BCUT2D eigenvalue weighted by atomic mass is 16.5. The van der Waals surface area contributed by atoms with E-state index in [9.17, 15) is 19.2 Å². The largest absolute Gasteiger partial charge is 0.468 e. The summed E-state index contributed by atoms with van der Waals surface area (Å²) in [6.07, 6.45) is 1.17. The van der Waals surface area contributed by atoms with Gasteiger partial charge in [-0.15, -0.1) is 0 Å². The highest BCUT2D eigenvalue weighted by Gasteiger charge is 2.24. The molecule has 0 aliphatic heterocycles. The summed E-state index contributed by atoms with van der Waals surface area (Å²) in [6.45, 7) is -0.640. The molecule has 10 nitrogen and oxygen atoms in total. The Morgan fingerprint density at radius 1 is 0.941 bits per heavy atom. The zero-order chi connectivity index (χ0) is 24.3. The summed E-state index contributed by atoms with van der Waals surface area (Å²) in [5.41, 5.74) is 2.51. The van der Waals surface area contributed by atoms with Crippen LogP contribution in [-0.2, 0) is 36.9 Å². The molecule has 0 fully saturated rings. The van der Waals surface area contributed by atoms with Gasteiger partial charge in [-0.05, 0) is 17.2 Å². The molecule has 0 spiro atoms. The number of hydrogen-bond donors (Lipinski definition) is 4. The van der Waals surface area contributed by atoms with Crippen LogP contribution in [0.15, 0.2) is 60.8 Å². The quantitative estimate of drug-likeness (QED) is 0.333. The van der Waals surface area contributed by atoms with E-state index in [4.69, 9.17) is 4.74 Å². The Morgan fingerprint density at radius 3 is 2.44 bits per heavy atom. The summed E-state index contributed by atoms with van der Waals surface area (Å²) >= 11 is 0. The van der Waals surface area contributed by atoms with Gasteiger partial charge in [0.1, 0.15) is 19.2 Å². The van der Waals surface area contributed by atoms with Crippen molar-refractivity contribution in [2.45, 2.75) is 19.1 Å². The van der Waals surface area contributed by atoms with Crippen molar-refractivity contribution in [1.29, 1.82) is 0 Å². The fourth-order valence-electron chi connectivity index (χ4n) is 3.23. The first-order valence-corrected chi connectivity index (χ1v) is 10.6. The molecule has 1 aromatic heterocycles. The summed E-state index contributed by atoms with van der Waals surface area (Å²) < 4.78 is 9.70. The lowest BCUT2D eigenvalue weighted by molar-refractivity contribution is -0.141.